The Balaban J connectivity index is 1.80. The van der Waals surface area contributed by atoms with E-state index in [1.807, 2.05) is 32.0 Å². The largest absolute Gasteiger partial charge is 0.456 e. The van der Waals surface area contributed by atoms with Gasteiger partial charge in [-0.3, -0.25) is 19.2 Å². The second-order valence-corrected chi connectivity index (χ2v) is 7.52. The molecule has 1 aliphatic rings. The number of nitrogens with zero attached hydrogens (tertiary/aromatic N) is 2. The summed E-state index contributed by atoms with van der Waals surface area (Å²) in [6.07, 6.45) is -0.139. The summed E-state index contributed by atoms with van der Waals surface area (Å²) >= 11 is 1.29. The fourth-order valence-electron chi connectivity index (χ4n) is 2.66. The van der Waals surface area contributed by atoms with E-state index in [-0.39, 0.29) is 24.8 Å². The topological polar surface area (TPSA) is 96.0 Å². The summed E-state index contributed by atoms with van der Waals surface area (Å²) in [5, 5.41) is 2.15. The number of fused-ring (bicyclic) bond motifs is 1. The first-order chi connectivity index (χ1) is 13.3. The number of likely N-dealkylation sites (N-methyl/N-ethyl adjacent to an activating group) is 2. The molecule has 0 saturated carbocycles. The summed E-state index contributed by atoms with van der Waals surface area (Å²) in [7, 11) is 1.49. The van der Waals surface area contributed by atoms with Gasteiger partial charge in [0.05, 0.1) is 23.9 Å². The Bertz CT molecular complexity index is 751. The Morgan fingerprint density at radius 3 is 2.50 bits per heavy atom. The van der Waals surface area contributed by atoms with Gasteiger partial charge >= 0.3 is 5.97 Å². The summed E-state index contributed by atoms with van der Waals surface area (Å²) in [6, 6.07) is 7.33. The number of esters is 1. The van der Waals surface area contributed by atoms with Gasteiger partial charge in [-0.2, -0.15) is 0 Å². The van der Waals surface area contributed by atoms with Crippen LogP contribution in [-0.4, -0.2) is 72.0 Å². The van der Waals surface area contributed by atoms with Crippen molar-refractivity contribution in [1.29, 1.82) is 0 Å². The smallest absolute Gasteiger partial charge is 0.307 e. The number of ether oxygens (including phenoxy) is 1. The summed E-state index contributed by atoms with van der Waals surface area (Å²) < 4.78 is 5.01. The molecule has 0 radical (unpaired) electrons. The lowest BCUT2D eigenvalue weighted by Gasteiger charge is -2.24. The number of carbonyl (C=O) groups excluding carboxylic acids is 4. The first kappa shape index (κ1) is 21.7. The Labute approximate surface area is 168 Å². The number of nitrogens with one attached hydrogen (secondary N) is 1. The van der Waals surface area contributed by atoms with E-state index >= 15 is 0 Å². The number of rotatable bonds is 8. The van der Waals surface area contributed by atoms with Crippen molar-refractivity contribution in [3.05, 3.63) is 24.3 Å². The van der Waals surface area contributed by atoms with Crippen LogP contribution in [0, 0.1) is 0 Å². The van der Waals surface area contributed by atoms with Gasteiger partial charge in [-0.25, -0.2) is 0 Å². The van der Waals surface area contributed by atoms with Crippen molar-refractivity contribution in [2.24, 2.45) is 0 Å². The maximum Gasteiger partial charge on any atom is 0.307 e. The lowest BCUT2D eigenvalue weighted by molar-refractivity contribution is -0.152. The van der Waals surface area contributed by atoms with Gasteiger partial charge in [-0.15, -0.1) is 11.8 Å². The molecule has 1 aromatic carbocycles. The van der Waals surface area contributed by atoms with Gasteiger partial charge in [0.1, 0.15) is 0 Å². The minimum absolute atomic E-state index is 0.0737. The standard InChI is InChI=1S/C19H25N3O5S/c1-4-22(5-2)16(23)11-21(3)17(24)12-27-18(25)10-15-19(26)20-13-8-6-7-9-14(13)28-15/h6-9,15H,4-5,10-12H2,1-3H3,(H,20,26)/t15-/m1/s1. The number of thioether (sulfide) groups is 1. The number of anilines is 1. The molecule has 1 heterocycles. The number of amides is 3. The number of carbonyl (C=O) groups is 4. The second kappa shape index (κ2) is 10.1. The zero-order chi connectivity index (χ0) is 20.7. The van der Waals surface area contributed by atoms with Crippen LogP contribution in [0.3, 0.4) is 0 Å². The van der Waals surface area contributed by atoms with E-state index in [9.17, 15) is 19.2 Å². The van der Waals surface area contributed by atoms with Crippen LogP contribution in [0.1, 0.15) is 20.3 Å². The lowest BCUT2D eigenvalue weighted by atomic mass is 10.2. The van der Waals surface area contributed by atoms with Gasteiger partial charge in [0.25, 0.3) is 5.91 Å². The van der Waals surface area contributed by atoms with Gasteiger partial charge in [0.2, 0.25) is 11.8 Å². The summed E-state index contributed by atoms with van der Waals surface area (Å²) in [6.45, 7) is 4.32. The van der Waals surface area contributed by atoms with Crippen LogP contribution in [0.2, 0.25) is 0 Å². The highest BCUT2D eigenvalue weighted by Gasteiger charge is 2.29. The number of hydrogen-bond donors (Lipinski definition) is 1. The van der Waals surface area contributed by atoms with E-state index in [1.54, 1.807) is 11.0 Å². The van der Waals surface area contributed by atoms with Crippen LogP contribution in [0.15, 0.2) is 29.2 Å². The first-order valence-electron chi connectivity index (χ1n) is 9.09. The molecule has 0 fully saturated rings. The van der Waals surface area contributed by atoms with Gasteiger partial charge in [-0.1, -0.05) is 12.1 Å². The van der Waals surface area contributed by atoms with Crippen LogP contribution in [0.4, 0.5) is 5.69 Å². The van der Waals surface area contributed by atoms with E-state index in [4.69, 9.17) is 4.74 Å². The van der Waals surface area contributed by atoms with E-state index in [1.165, 1.54) is 23.7 Å². The zero-order valence-electron chi connectivity index (χ0n) is 16.3. The summed E-state index contributed by atoms with van der Waals surface area (Å²) in [5.41, 5.74) is 0.719. The molecule has 8 nitrogen and oxygen atoms in total. The Hall–Kier alpha value is -2.55. The third-order valence-electron chi connectivity index (χ3n) is 4.33. The molecule has 0 aromatic heterocycles. The molecule has 0 bridgehead atoms. The fourth-order valence-corrected chi connectivity index (χ4v) is 3.75. The van der Waals surface area contributed by atoms with Crippen LogP contribution in [0.5, 0.6) is 0 Å². The fraction of sp³-hybridized carbons (Fsp3) is 0.474. The SMILES string of the molecule is CCN(CC)C(=O)CN(C)C(=O)COC(=O)C[C@H]1Sc2ccccc2NC1=O. The number of para-hydroxylation sites is 1. The minimum Gasteiger partial charge on any atom is -0.456 e. The Morgan fingerprint density at radius 1 is 1.14 bits per heavy atom. The molecule has 2 rings (SSSR count). The molecule has 1 atom stereocenters. The maximum atomic E-state index is 12.1. The molecule has 28 heavy (non-hydrogen) atoms. The van der Waals surface area contributed by atoms with Crippen LogP contribution >= 0.6 is 11.8 Å². The Morgan fingerprint density at radius 2 is 1.82 bits per heavy atom. The molecule has 1 aromatic rings. The van der Waals surface area contributed by atoms with Crippen molar-refractivity contribution in [1.82, 2.24) is 9.80 Å². The average molecular weight is 407 g/mol. The van der Waals surface area contributed by atoms with E-state index < -0.39 is 23.7 Å². The van der Waals surface area contributed by atoms with Crippen LogP contribution in [-0.2, 0) is 23.9 Å². The Kier molecular flexibility index (Phi) is 7.86. The first-order valence-corrected chi connectivity index (χ1v) is 9.97. The van der Waals surface area contributed by atoms with E-state index in [2.05, 4.69) is 5.32 Å². The quantitative estimate of drug-likeness (QED) is 0.654. The second-order valence-electron chi connectivity index (χ2n) is 6.27. The molecular weight excluding hydrogens is 382 g/mol. The van der Waals surface area contributed by atoms with Crippen molar-refractivity contribution in [3.8, 4) is 0 Å². The van der Waals surface area contributed by atoms with Gasteiger partial charge in [-0.05, 0) is 26.0 Å². The molecule has 3 amide bonds. The summed E-state index contributed by atoms with van der Waals surface area (Å²) in [5.74, 6) is -1.54. The monoisotopic (exact) mass is 407 g/mol. The molecule has 0 saturated heterocycles. The number of benzene rings is 1. The highest BCUT2D eigenvalue weighted by molar-refractivity contribution is 8.01. The van der Waals surface area contributed by atoms with E-state index in [0.29, 0.717) is 13.1 Å². The van der Waals surface area contributed by atoms with Crippen molar-refractivity contribution >= 4 is 41.1 Å². The third kappa shape index (κ3) is 5.72. The normalized spacial score (nSPS) is 15.2. The maximum absolute atomic E-state index is 12.1. The summed E-state index contributed by atoms with van der Waals surface area (Å²) in [4.78, 5) is 52.0. The molecule has 0 aliphatic carbocycles. The van der Waals surface area contributed by atoms with Crippen molar-refractivity contribution in [2.75, 3.05) is 38.6 Å². The molecular formula is C19H25N3O5S. The molecule has 9 heteroatoms. The van der Waals surface area contributed by atoms with Gasteiger partial charge < -0.3 is 19.9 Å². The lowest BCUT2D eigenvalue weighted by Crippen LogP contribution is -2.42. The zero-order valence-corrected chi connectivity index (χ0v) is 17.1. The highest BCUT2D eigenvalue weighted by atomic mass is 32.2. The highest BCUT2D eigenvalue weighted by Crippen LogP contribution is 2.36. The molecule has 0 unspecified atom stereocenters. The van der Waals surface area contributed by atoms with Gasteiger partial charge in [0.15, 0.2) is 6.61 Å². The molecule has 1 N–H and O–H groups in total. The van der Waals surface area contributed by atoms with Crippen LogP contribution in [0.25, 0.3) is 0 Å². The predicted molar refractivity (Wildman–Crippen MR) is 106 cm³/mol. The molecule has 0 spiro atoms. The minimum atomic E-state index is -0.635. The van der Waals surface area contributed by atoms with Gasteiger partial charge in [0, 0.05) is 25.0 Å². The molecule has 152 valence electrons. The van der Waals surface area contributed by atoms with Crippen LogP contribution < -0.4 is 5.32 Å². The van der Waals surface area contributed by atoms with Crippen molar-refractivity contribution < 1.29 is 23.9 Å². The number of hydrogen-bond acceptors (Lipinski definition) is 6. The molecule has 1 aliphatic heterocycles. The van der Waals surface area contributed by atoms with Crippen molar-refractivity contribution in [2.45, 2.75) is 30.4 Å². The van der Waals surface area contributed by atoms with E-state index in [0.717, 1.165) is 10.6 Å². The predicted octanol–water partition coefficient (Wildman–Crippen LogP) is 1.36. The third-order valence-corrected chi connectivity index (χ3v) is 5.60. The van der Waals surface area contributed by atoms with Crippen molar-refractivity contribution in [3.63, 3.8) is 0 Å². The average Bonchev–Trinajstić information content (AvgIpc) is 2.67.